The monoisotopic (exact) mass is 367 g/mol. The number of thiazole rings is 1. The molecule has 1 unspecified atom stereocenters. The third-order valence-corrected chi connectivity index (χ3v) is 3.80. The van der Waals surface area contributed by atoms with Gasteiger partial charge < -0.3 is 5.32 Å². The molecular formula is C12H9Cl3FN3OS. The van der Waals surface area contributed by atoms with Gasteiger partial charge in [-0.05, 0) is 17.7 Å². The topological polar surface area (TPSA) is 54.0 Å². The molecule has 0 saturated heterocycles. The molecule has 2 rings (SSSR count). The number of hydrogen-bond acceptors (Lipinski definition) is 3. The summed E-state index contributed by atoms with van der Waals surface area (Å²) in [5, 5.41) is 7.16. The molecule has 2 amide bonds. The van der Waals surface area contributed by atoms with Crippen LogP contribution in [-0.2, 0) is 0 Å². The number of benzene rings is 1. The van der Waals surface area contributed by atoms with Crippen molar-refractivity contribution in [2.45, 2.75) is 9.83 Å². The summed E-state index contributed by atoms with van der Waals surface area (Å²) in [7, 11) is 0. The van der Waals surface area contributed by atoms with Gasteiger partial charge in [0, 0.05) is 11.6 Å². The van der Waals surface area contributed by atoms with Gasteiger partial charge in [-0.3, -0.25) is 5.32 Å². The summed E-state index contributed by atoms with van der Waals surface area (Å²) in [6, 6.07) is 3.80. The number of alkyl halides is 3. The molecule has 9 heteroatoms. The van der Waals surface area contributed by atoms with E-state index in [1.165, 1.54) is 35.6 Å². The van der Waals surface area contributed by atoms with Crippen LogP contribution < -0.4 is 10.6 Å². The molecule has 0 spiro atoms. The molecule has 2 aromatic rings. The summed E-state index contributed by atoms with van der Waals surface area (Å²) in [5.74, 6) is -0.422. The molecule has 0 aliphatic carbocycles. The lowest BCUT2D eigenvalue weighted by molar-refractivity contribution is 0.248. The molecular weight excluding hydrogens is 360 g/mol. The van der Waals surface area contributed by atoms with Crippen LogP contribution in [0.3, 0.4) is 0 Å². The van der Waals surface area contributed by atoms with E-state index in [1.807, 2.05) is 0 Å². The van der Waals surface area contributed by atoms with Crippen molar-refractivity contribution < 1.29 is 9.18 Å². The second-order valence-electron chi connectivity index (χ2n) is 3.96. The summed E-state index contributed by atoms with van der Waals surface area (Å²) in [5.41, 5.74) is 0.464. The van der Waals surface area contributed by atoms with Crippen molar-refractivity contribution in [2.75, 3.05) is 5.32 Å². The number of rotatable bonds is 3. The first-order valence-corrected chi connectivity index (χ1v) is 7.67. The number of nitrogens with zero attached hydrogens (tertiary/aromatic N) is 1. The Bertz CT molecular complexity index is 601. The zero-order chi connectivity index (χ0) is 15.5. The van der Waals surface area contributed by atoms with Crippen molar-refractivity contribution in [3.05, 3.63) is 47.2 Å². The Labute approximate surface area is 139 Å². The lowest BCUT2D eigenvalue weighted by Gasteiger charge is -2.25. The Morgan fingerprint density at radius 3 is 2.48 bits per heavy atom. The Kier molecular flexibility index (Phi) is 5.27. The maximum Gasteiger partial charge on any atom is 0.321 e. The predicted octanol–water partition coefficient (Wildman–Crippen LogP) is 4.52. The summed E-state index contributed by atoms with van der Waals surface area (Å²) >= 11 is 18.9. The maximum absolute atomic E-state index is 13.0. The van der Waals surface area contributed by atoms with Crippen molar-refractivity contribution in [2.24, 2.45) is 0 Å². The average molecular weight is 369 g/mol. The van der Waals surface area contributed by atoms with E-state index in [4.69, 9.17) is 34.8 Å². The highest BCUT2D eigenvalue weighted by molar-refractivity contribution is 7.13. The van der Waals surface area contributed by atoms with E-state index < -0.39 is 21.7 Å². The van der Waals surface area contributed by atoms with Gasteiger partial charge in [0.05, 0.1) is 0 Å². The molecule has 0 radical (unpaired) electrons. The van der Waals surface area contributed by atoms with Crippen LogP contribution in [0.25, 0.3) is 0 Å². The Morgan fingerprint density at radius 1 is 1.29 bits per heavy atom. The maximum atomic E-state index is 13.0. The minimum atomic E-state index is -1.79. The van der Waals surface area contributed by atoms with Crippen molar-refractivity contribution in [3.63, 3.8) is 0 Å². The second-order valence-corrected chi connectivity index (χ2v) is 7.23. The Hall–Kier alpha value is -1.08. The first-order valence-electron chi connectivity index (χ1n) is 5.65. The minimum absolute atomic E-state index is 0.412. The molecule has 4 nitrogen and oxygen atoms in total. The first kappa shape index (κ1) is 16.3. The Morgan fingerprint density at radius 2 is 1.95 bits per heavy atom. The largest absolute Gasteiger partial charge is 0.327 e. The molecule has 0 bridgehead atoms. The molecule has 1 aromatic carbocycles. The molecule has 0 aliphatic rings. The fraction of sp³-hybridized carbons (Fsp3) is 0.167. The minimum Gasteiger partial charge on any atom is -0.327 e. The van der Waals surface area contributed by atoms with Crippen LogP contribution in [-0.4, -0.2) is 14.8 Å². The molecule has 112 valence electrons. The van der Waals surface area contributed by atoms with Crippen LogP contribution in [0, 0.1) is 5.82 Å². The summed E-state index contributed by atoms with van der Waals surface area (Å²) in [4.78, 5) is 15.8. The first-order chi connectivity index (χ1) is 9.86. The molecule has 1 heterocycles. The zero-order valence-electron chi connectivity index (χ0n) is 10.3. The van der Waals surface area contributed by atoms with Crippen LogP contribution in [0.4, 0.5) is 14.3 Å². The Balaban J connectivity index is 2.13. The third-order valence-electron chi connectivity index (χ3n) is 2.46. The highest BCUT2D eigenvalue weighted by Gasteiger charge is 2.35. The second kappa shape index (κ2) is 6.79. The van der Waals surface area contributed by atoms with E-state index in [9.17, 15) is 9.18 Å². The summed E-state index contributed by atoms with van der Waals surface area (Å²) in [6.45, 7) is 0. The lowest BCUT2D eigenvalue weighted by atomic mass is 10.1. The molecule has 2 N–H and O–H groups in total. The number of urea groups is 1. The molecule has 0 saturated carbocycles. The molecule has 1 atom stereocenters. The normalized spacial score (nSPS) is 12.8. The van der Waals surface area contributed by atoms with Crippen molar-refractivity contribution in [1.82, 2.24) is 10.3 Å². The van der Waals surface area contributed by atoms with Crippen molar-refractivity contribution >= 4 is 57.3 Å². The quantitative estimate of drug-likeness (QED) is 0.783. The highest BCUT2D eigenvalue weighted by atomic mass is 35.6. The van der Waals surface area contributed by atoms with Gasteiger partial charge in [-0.2, -0.15) is 0 Å². The fourth-order valence-corrected chi connectivity index (χ4v) is 2.62. The smallest absolute Gasteiger partial charge is 0.321 e. The summed E-state index contributed by atoms with van der Waals surface area (Å²) < 4.78 is 11.2. The van der Waals surface area contributed by atoms with Gasteiger partial charge in [-0.25, -0.2) is 14.2 Å². The van der Waals surface area contributed by atoms with Gasteiger partial charge in [-0.15, -0.1) is 11.3 Å². The van der Waals surface area contributed by atoms with Gasteiger partial charge in [0.15, 0.2) is 5.13 Å². The van der Waals surface area contributed by atoms with E-state index in [0.717, 1.165) is 0 Å². The molecule has 21 heavy (non-hydrogen) atoms. The third kappa shape index (κ3) is 4.71. The van der Waals surface area contributed by atoms with Crippen LogP contribution in [0.15, 0.2) is 35.8 Å². The lowest BCUT2D eigenvalue weighted by Crippen LogP contribution is -2.39. The number of amides is 2. The van der Waals surface area contributed by atoms with Gasteiger partial charge in [-0.1, -0.05) is 46.9 Å². The molecule has 0 aliphatic heterocycles. The van der Waals surface area contributed by atoms with Gasteiger partial charge >= 0.3 is 6.03 Å². The molecule has 1 aromatic heterocycles. The van der Waals surface area contributed by atoms with Crippen molar-refractivity contribution in [3.8, 4) is 0 Å². The van der Waals surface area contributed by atoms with Crippen LogP contribution in [0.2, 0.25) is 0 Å². The SMILES string of the molecule is O=C(Nc1nccs1)NC(c1ccc(F)cc1)C(Cl)(Cl)Cl. The zero-order valence-corrected chi connectivity index (χ0v) is 13.4. The fourth-order valence-electron chi connectivity index (χ4n) is 1.56. The average Bonchev–Trinajstić information content (AvgIpc) is 2.89. The van der Waals surface area contributed by atoms with Crippen molar-refractivity contribution in [1.29, 1.82) is 0 Å². The standard InChI is InChI=1S/C12H9Cl3FN3OS/c13-12(14,15)9(7-1-3-8(16)4-2-7)18-10(20)19-11-17-5-6-21-11/h1-6,9H,(H2,17,18,19,20). The van der Waals surface area contributed by atoms with Crippen LogP contribution in [0.5, 0.6) is 0 Å². The number of hydrogen-bond donors (Lipinski definition) is 2. The number of nitrogens with one attached hydrogen (secondary N) is 2. The predicted molar refractivity (Wildman–Crippen MR) is 83.7 cm³/mol. The van der Waals surface area contributed by atoms with E-state index in [-0.39, 0.29) is 0 Å². The number of aromatic nitrogens is 1. The van der Waals surface area contributed by atoms with E-state index in [1.54, 1.807) is 11.6 Å². The number of carbonyl (C=O) groups excluding carboxylic acids is 1. The van der Waals surface area contributed by atoms with E-state index in [2.05, 4.69) is 15.6 Å². The van der Waals surface area contributed by atoms with Gasteiger partial charge in [0.25, 0.3) is 0 Å². The highest BCUT2D eigenvalue weighted by Crippen LogP contribution is 2.39. The number of carbonyl (C=O) groups is 1. The number of anilines is 1. The van der Waals surface area contributed by atoms with Gasteiger partial charge in [0.2, 0.25) is 3.79 Å². The molecule has 0 fully saturated rings. The number of halogens is 4. The van der Waals surface area contributed by atoms with Crippen LogP contribution in [0.1, 0.15) is 11.6 Å². The van der Waals surface area contributed by atoms with Gasteiger partial charge in [0.1, 0.15) is 11.9 Å². The van der Waals surface area contributed by atoms with Crippen LogP contribution >= 0.6 is 46.1 Å². The van der Waals surface area contributed by atoms with E-state index in [0.29, 0.717) is 10.7 Å². The van der Waals surface area contributed by atoms with E-state index >= 15 is 0 Å². The summed E-state index contributed by atoms with van der Waals surface area (Å²) in [6.07, 6.45) is 1.55.